The quantitative estimate of drug-likeness (QED) is 0.569. The van der Waals surface area contributed by atoms with Crippen molar-refractivity contribution >= 4 is 39.8 Å². The van der Waals surface area contributed by atoms with Crippen molar-refractivity contribution in [3.63, 3.8) is 0 Å². The van der Waals surface area contributed by atoms with Gasteiger partial charge in [0.05, 0.1) is 28.8 Å². The van der Waals surface area contributed by atoms with E-state index in [9.17, 15) is 4.79 Å². The van der Waals surface area contributed by atoms with Crippen LogP contribution >= 0.6 is 23.1 Å². The van der Waals surface area contributed by atoms with E-state index in [1.807, 2.05) is 50.2 Å². The van der Waals surface area contributed by atoms with E-state index in [0.29, 0.717) is 23.2 Å². The van der Waals surface area contributed by atoms with Gasteiger partial charge in [0.1, 0.15) is 5.76 Å². The smallest absolute Gasteiger partial charge is 0.230 e. The van der Waals surface area contributed by atoms with E-state index in [1.165, 1.54) is 11.3 Å². The van der Waals surface area contributed by atoms with E-state index in [2.05, 4.69) is 15.3 Å². The van der Waals surface area contributed by atoms with Gasteiger partial charge in [0, 0.05) is 26.2 Å². The molecule has 0 saturated heterocycles. The molecule has 0 spiro atoms. The summed E-state index contributed by atoms with van der Waals surface area (Å²) in [7, 11) is 3.98. The molecule has 6 nitrogen and oxygen atoms in total. The van der Waals surface area contributed by atoms with E-state index < -0.39 is 0 Å². The number of anilines is 2. The minimum atomic E-state index is -0.0706. The highest BCUT2D eigenvalue weighted by atomic mass is 32.2. The van der Waals surface area contributed by atoms with Crippen LogP contribution < -0.4 is 10.2 Å². The largest absolute Gasteiger partial charge is 0.445 e. The lowest BCUT2D eigenvalue weighted by Gasteiger charge is -2.12. The fourth-order valence-corrected chi connectivity index (χ4v) is 4.10. The summed E-state index contributed by atoms with van der Waals surface area (Å²) in [4.78, 5) is 22.8. The summed E-state index contributed by atoms with van der Waals surface area (Å²) >= 11 is 3.05. The predicted molar refractivity (Wildman–Crippen MR) is 111 cm³/mol. The summed E-state index contributed by atoms with van der Waals surface area (Å²) in [5.41, 5.74) is 2.08. The van der Waals surface area contributed by atoms with Gasteiger partial charge >= 0.3 is 0 Å². The first-order valence-corrected chi connectivity index (χ1v) is 10.4. The van der Waals surface area contributed by atoms with E-state index in [-0.39, 0.29) is 5.91 Å². The van der Waals surface area contributed by atoms with Crippen LogP contribution in [-0.2, 0) is 23.4 Å². The normalized spacial score (nSPS) is 10.8. The summed E-state index contributed by atoms with van der Waals surface area (Å²) < 4.78 is 6.61. The second kappa shape index (κ2) is 9.05. The van der Waals surface area contributed by atoms with Gasteiger partial charge in [-0.25, -0.2) is 9.97 Å². The molecular weight excluding hydrogens is 380 g/mol. The number of hydrogen-bond donors (Lipinski definition) is 1. The van der Waals surface area contributed by atoms with E-state index in [0.717, 1.165) is 27.6 Å². The lowest BCUT2D eigenvalue weighted by Crippen LogP contribution is -2.14. The zero-order valence-electron chi connectivity index (χ0n) is 15.6. The molecule has 2 heterocycles. The van der Waals surface area contributed by atoms with E-state index in [1.54, 1.807) is 24.2 Å². The first-order valence-electron chi connectivity index (χ1n) is 8.62. The molecule has 142 valence electrons. The lowest BCUT2D eigenvalue weighted by atomic mass is 10.1. The molecule has 3 aromatic rings. The van der Waals surface area contributed by atoms with Gasteiger partial charge in [-0.2, -0.15) is 0 Å². The molecule has 0 bridgehead atoms. The van der Waals surface area contributed by atoms with Crippen molar-refractivity contribution in [2.75, 3.05) is 24.3 Å². The molecule has 1 N–H and O–H groups in total. The van der Waals surface area contributed by atoms with Crippen LogP contribution in [0.15, 0.2) is 45.3 Å². The standard InChI is InChI=1S/C19H22N4O2S2/c1-4-15-10-20-17(25-15)12-26-18-11-21-19(27-18)22-16(24)9-13-5-7-14(8-6-13)23(2)3/h5-8,10-11H,4,9,12H2,1-3H3,(H,21,22,24). The fourth-order valence-electron chi connectivity index (χ4n) is 2.36. The molecule has 0 aliphatic rings. The molecule has 27 heavy (non-hydrogen) atoms. The molecule has 3 rings (SSSR count). The number of aryl methyl sites for hydroxylation is 1. The molecule has 0 radical (unpaired) electrons. The highest BCUT2D eigenvalue weighted by Crippen LogP contribution is 2.30. The molecule has 1 amide bonds. The van der Waals surface area contributed by atoms with Crippen LogP contribution in [0.4, 0.5) is 10.8 Å². The summed E-state index contributed by atoms with van der Waals surface area (Å²) in [6.07, 6.45) is 4.69. The van der Waals surface area contributed by atoms with Gasteiger partial charge in [0.15, 0.2) is 5.13 Å². The van der Waals surface area contributed by atoms with E-state index >= 15 is 0 Å². The van der Waals surface area contributed by atoms with E-state index in [4.69, 9.17) is 4.42 Å². The minimum absolute atomic E-state index is 0.0706. The zero-order chi connectivity index (χ0) is 19.2. The third-order valence-electron chi connectivity index (χ3n) is 3.84. The number of nitrogens with zero attached hydrogens (tertiary/aromatic N) is 3. The molecule has 0 fully saturated rings. The summed E-state index contributed by atoms with van der Waals surface area (Å²) in [5, 5.41) is 3.47. The monoisotopic (exact) mass is 402 g/mol. The number of thioether (sulfide) groups is 1. The predicted octanol–water partition coefficient (Wildman–Crippen LogP) is 4.23. The van der Waals surface area contributed by atoms with Crippen LogP contribution in [0, 0.1) is 0 Å². The molecule has 0 aliphatic carbocycles. The Balaban J connectivity index is 1.49. The maximum atomic E-state index is 12.2. The number of oxazole rings is 1. The Kier molecular flexibility index (Phi) is 6.52. The van der Waals surface area contributed by atoms with Crippen LogP contribution in [0.5, 0.6) is 0 Å². The molecule has 0 aliphatic heterocycles. The first-order chi connectivity index (χ1) is 13.0. The van der Waals surface area contributed by atoms with Gasteiger partial charge in [-0.3, -0.25) is 4.79 Å². The van der Waals surface area contributed by atoms with Gasteiger partial charge < -0.3 is 14.6 Å². The van der Waals surface area contributed by atoms with Gasteiger partial charge in [0.2, 0.25) is 11.8 Å². The number of thiazole rings is 1. The second-order valence-electron chi connectivity index (χ2n) is 6.13. The van der Waals surface area contributed by atoms with Crippen molar-refractivity contribution in [1.82, 2.24) is 9.97 Å². The highest BCUT2D eigenvalue weighted by molar-refractivity contribution is 8.00. The number of benzene rings is 1. The van der Waals surface area contributed by atoms with Crippen LogP contribution in [-0.4, -0.2) is 30.0 Å². The Hall–Kier alpha value is -2.32. The number of aromatic nitrogens is 2. The molecule has 1 aromatic carbocycles. The maximum absolute atomic E-state index is 12.2. The van der Waals surface area contributed by atoms with Gasteiger partial charge in [-0.15, -0.1) is 11.8 Å². The third-order valence-corrected chi connectivity index (χ3v) is 5.93. The fraction of sp³-hybridized carbons (Fsp3) is 0.316. The lowest BCUT2D eigenvalue weighted by molar-refractivity contribution is -0.115. The van der Waals surface area contributed by atoms with Crippen molar-refractivity contribution in [3.8, 4) is 0 Å². The topological polar surface area (TPSA) is 71.3 Å². The van der Waals surface area contributed by atoms with Crippen LogP contribution in [0.3, 0.4) is 0 Å². The molecule has 0 atom stereocenters. The van der Waals surface area contributed by atoms with Crippen molar-refractivity contribution in [2.45, 2.75) is 29.7 Å². The second-order valence-corrected chi connectivity index (χ2v) is 8.44. The van der Waals surface area contributed by atoms with Crippen LogP contribution in [0.2, 0.25) is 0 Å². The van der Waals surface area contributed by atoms with Crippen molar-refractivity contribution in [2.24, 2.45) is 0 Å². The molecule has 2 aromatic heterocycles. The van der Waals surface area contributed by atoms with Crippen LogP contribution in [0.25, 0.3) is 0 Å². The zero-order valence-corrected chi connectivity index (χ0v) is 17.2. The average Bonchev–Trinajstić information content (AvgIpc) is 3.29. The Morgan fingerprint density at radius 3 is 2.67 bits per heavy atom. The molecule has 8 heteroatoms. The number of nitrogens with one attached hydrogen (secondary N) is 1. The number of carbonyl (C=O) groups is 1. The minimum Gasteiger partial charge on any atom is -0.445 e. The Labute approximate surface area is 167 Å². The first kappa shape index (κ1) is 19.4. The summed E-state index contributed by atoms with van der Waals surface area (Å²) in [6.45, 7) is 2.03. The van der Waals surface area contributed by atoms with Gasteiger partial charge in [0.25, 0.3) is 0 Å². The molecule has 0 unspecified atom stereocenters. The average molecular weight is 403 g/mol. The number of hydrogen-bond acceptors (Lipinski definition) is 7. The van der Waals surface area contributed by atoms with Crippen molar-refractivity contribution in [1.29, 1.82) is 0 Å². The summed E-state index contributed by atoms with van der Waals surface area (Å²) in [6, 6.07) is 7.96. The number of carbonyl (C=O) groups excluding carboxylic acids is 1. The van der Waals surface area contributed by atoms with Crippen LogP contribution in [0.1, 0.15) is 24.1 Å². The van der Waals surface area contributed by atoms with Crippen molar-refractivity contribution in [3.05, 3.63) is 53.9 Å². The highest BCUT2D eigenvalue weighted by Gasteiger charge is 2.10. The van der Waals surface area contributed by atoms with Gasteiger partial charge in [-0.1, -0.05) is 30.4 Å². The summed E-state index contributed by atoms with van der Waals surface area (Å²) in [5.74, 6) is 2.17. The third kappa shape index (κ3) is 5.58. The van der Waals surface area contributed by atoms with Gasteiger partial charge in [-0.05, 0) is 17.7 Å². The maximum Gasteiger partial charge on any atom is 0.230 e. The Morgan fingerprint density at radius 2 is 2.00 bits per heavy atom. The number of rotatable bonds is 8. The Morgan fingerprint density at radius 1 is 1.22 bits per heavy atom. The molecular formula is C19H22N4O2S2. The SMILES string of the molecule is CCc1cnc(CSc2cnc(NC(=O)Cc3ccc(N(C)C)cc3)s2)o1. The Bertz CT molecular complexity index is 887. The number of amides is 1. The molecule has 0 saturated carbocycles. The van der Waals surface area contributed by atoms with Crippen molar-refractivity contribution < 1.29 is 9.21 Å².